The summed E-state index contributed by atoms with van der Waals surface area (Å²) < 4.78 is 22.0. The Bertz CT molecular complexity index is 554. The van der Waals surface area contributed by atoms with E-state index in [4.69, 9.17) is 0 Å². The number of sulfone groups is 1. The number of aromatic nitrogens is 1. The molecule has 1 aromatic heterocycles. The molecular weight excluding hydrogens is 258 g/mol. The highest BCUT2D eigenvalue weighted by molar-refractivity contribution is 7.92. The van der Waals surface area contributed by atoms with Crippen LogP contribution in [0.4, 0.5) is 11.5 Å². The molecule has 0 aliphatic rings. The van der Waals surface area contributed by atoms with Gasteiger partial charge in [0.05, 0.1) is 9.67 Å². The normalized spacial score (nSPS) is 12.2. The van der Waals surface area contributed by atoms with Crippen LogP contribution < -0.4 is 5.32 Å². The molecule has 18 heavy (non-hydrogen) atoms. The Balaban J connectivity index is 2.91. The average molecular weight is 273 g/mol. The summed E-state index contributed by atoms with van der Waals surface area (Å²) in [6, 6.07) is 2.76. The van der Waals surface area contributed by atoms with Crippen LogP contribution >= 0.6 is 0 Å². The largest absolute Gasteiger partial charge is 0.363 e. The molecule has 1 N–H and O–H groups in total. The van der Waals surface area contributed by atoms with Gasteiger partial charge in [-0.2, -0.15) is 0 Å². The second-order valence-corrected chi connectivity index (χ2v) is 7.16. The van der Waals surface area contributed by atoms with Gasteiger partial charge in [-0.05, 0) is 19.9 Å². The Morgan fingerprint density at radius 3 is 2.61 bits per heavy atom. The van der Waals surface area contributed by atoms with Crippen molar-refractivity contribution in [2.45, 2.75) is 18.6 Å². The summed E-state index contributed by atoms with van der Waals surface area (Å²) in [6.07, 6.45) is 2.53. The van der Waals surface area contributed by atoms with Crippen molar-refractivity contribution in [1.82, 2.24) is 4.98 Å². The van der Waals surface area contributed by atoms with E-state index in [0.29, 0.717) is 0 Å². The minimum absolute atomic E-state index is 0.0453. The summed E-state index contributed by atoms with van der Waals surface area (Å²) in [5, 5.41) is 13.5. The summed E-state index contributed by atoms with van der Waals surface area (Å²) in [6.45, 7) is 3.14. The van der Waals surface area contributed by atoms with Crippen molar-refractivity contribution in [1.29, 1.82) is 0 Å². The van der Waals surface area contributed by atoms with Gasteiger partial charge in [-0.15, -0.1) is 0 Å². The number of nitrogens with one attached hydrogen (secondary N) is 1. The van der Waals surface area contributed by atoms with Crippen LogP contribution in [-0.2, 0) is 9.84 Å². The Morgan fingerprint density at radius 1 is 1.50 bits per heavy atom. The van der Waals surface area contributed by atoms with Crippen LogP contribution in [0.15, 0.2) is 18.3 Å². The summed E-state index contributed by atoms with van der Waals surface area (Å²) in [5.41, 5.74) is -0.179. The molecule has 100 valence electrons. The van der Waals surface area contributed by atoms with Crippen molar-refractivity contribution >= 4 is 21.3 Å². The molecule has 0 bridgehead atoms. The summed E-state index contributed by atoms with van der Waals surface area (Å²) >= 11 is 0. The number of hydrogen-bond donors (Lipinski definition) is 1. The van der Waals surface area contributed by atoms with Gasteiger partial charge in [0.25, 0.3) is 0 Å². The summed E-state index contributed by atoms with van der Waals surface area (Å²) in [4.78, 5) is 14.0. The molecule has 0 saturated carbocycles. The molecule has 0 aliphatic heterocycles. The van der Waals surface area contributed by atoms with E-state index in [9.17, 15) is 18.5 Å². The number of rotatable bonds is 5. The Morgan fingerprint density at radius 2 is 2.11 bits per heavy atom. The van der Waals surface area contributed by atoms with E-state index in [0.717, 1.165) is 6.26 Å². The van der Waals surface area contributed by atoms with Gasteiger partial charge in [0, 0.05) is 25.1 Å². The van der Waals surface area contributed by atoms with Crippen LogP contribution in [0.1, 0.15) is 13.8 Å². The number of nitro groups is 1. The number of nitrogens with zero attached hydrogens (tertiary/aromatic N) is 2. The maximum atomic E-state index is 11.5. The highest BCUT2D eigenvalue weighted by Crippen LogP contribution is 2.22. The van der Waals surface area contributed by atoms with Crippen molar-refractivity contribution in [3.8, 4) is 0 Å². The first-order chi connectivity index (χ1) is 8.15. The predicted molar refractivity (Wildman–Crippen MR) is 68.3 cm³/mol. The van der Waals surface area contributed by atoms with Gasteiger partial charge in [-0.1, -0.05) is 0 Å². The quantitative estimate of drug-likeness (QED) is 0.639. The maximum Gasteiger partial charge on any atom is 0.311 e. The molecule has 8 heteroatoms. The van der Waals surface area contributed by atoms with Crippen molar-refractivity contribution < 1.29 is 13.3 Å². The first kappa shape index (κ1) is 14.4. The molecule has 0 amide bonds. The molecule has 0 aromatic carbocycles. The molecule has 1 rings (SSSR count). The Kier molecular flexibility index (Phi) is 3.90. The zero-order chi connectivity index (χ0) is 14.0. The molecule has 0 atom stereocenters. The fourth-order valence-electron chi connectivity index (χ4n) is 1.11. The van der Waals surface area contributed by atoms with E-state index in [1.165, 1.54) is 18.3 Å². The number of hydrogen-bond acceptors (Lipinski definition) is 6. The first-order valence-electron chi connectivity index (χ1n) is 5.18. The van der Waals surface area contributed by atoms with Gasteiger partial charge in [-0.25, -0.2) is 13.4 Å². The van der Waals surface area contributed by atoms with Crippen molar-refractivity contribution in [2.75, 3.05) is 18.1 Å². The molecule has 0 radical (unpaired) electrons. The van der Waals surface area contributed by atoms with Gasteiger partial charge in [0.1, 0.15) is 0 Å². The molecular formula is C10H15N3O4S. The number of pyridine rings is 1. The SMILES string of the molecule is CC(C)(CNc1ncccc1[N+](=O)[O-])S(C)(=O)=O. The predicted octanol–water partition coefficient (Wildman–Crippen LogP) is 1.22. The van der Waals surface area contributed by atoms with Crippen LogP contribution in [-0.4, -0.2) is 35.9 Å². The minimum atomic E-state index is -3.27. The molecule has 1 heterocycles. The van der Waals surface area contributed by atoms with Crippen LogP contribution in [0.5, 0.6) is 0 Å². The molecule has 7 nitrogen and oxygen atoms in total. The van der Waals surface area contributed by atoms with E-state index >= 15 is 0 Å². The fraction of sp³-hybridized carbons (Fsp3) is 0.500. The van der Waals surface area contributed by atoms with Crippen molar-refractivity contribution in [3.05, 3.63) is 28.4 Å². The Hall–Kier alpha value is -1.70. The summed E-state index contributed by atoms with van der Waals surface area (Å²) in [5.74, 6) is 0.0687. The zero-order valence-electron chi connectivity index (χ0n) is 10.4. The lowest BCUT2D eigenvalue weighted by Gasteiger charge is -2.22. The van der Waals surface area contributed by atoms with E-state index in [-0.39, 0.29) is 18.1 Å². The second-order valence-electron chi connectivity index (χ2n) is 4.51. The van der Waals surface area contributed by atoms with E-state index in [1.54, 1.807) is 13.8 Å². The van der Waals surface area contributed by atoms with Gasteiger partial charge in [0.2, 0.25) is 5.82 Å². The molecule has 0 fully saturated rings. The third kappa shape index (κ3) is 3.16. The first-order valence-corrected chi connectivity index (χ1v) is 7.07. The number of anilines is 1. The monoisotopic (exact) mass is 273 g/mol. The van der Waals surface area contributed by atoms with Crippen LogP contribution in [0.25, 0.3) is 0 Å². The third-order valence-electron chi connectivity index (χ3n) is 2.67. The fourth-order valence-corrected chi connectivity index (χ4v) is 1.44. The van der Waals surface area contributed by atoms with E-state index < -0.39 is 19.5 Å². The molecule has 0 saturated heterocycles. The highest BCUT2D eigenvalue weighted by Gasteiger charge is 2.30. The minimum Gasteiger partial charge on any atom is -0.363 e. The molecule has 0 aliphatic carbocycles. The van der Waals surface area contributed by atoms with Crippen LogP contribution in [0.3, 0.4) is 0 Å². The molecule has 0 unspecified atom stereocenters. The zero-order valence-corrected chi connectivity index (χ0v) is 11.2. The van der Waals surface area contributed by atoms with Gasteiger partial charge >= 0.3 is 5.69 Å². The topological polar surface area (TPSA) is 102 Å². The molecule has 0 spiro atoms. The van der Waals surface area contributed by atoms with Crippen LogP contribution in [0, 0.1) is 10.1 Å². The smallest absolute Gasteiger partial charge is 0.311 e. The van der Waals surface area contributed by atoms with Gasteiger partial charge in [-0.3, -0.25) is 10.1 Å². The standard InChI is InChI=1S/C10H15N3O4S/c1-10(2,18(3,16)17)7-12-9-8(13(14)15)5-4-6-11-9/h4-6H,7H2,1-3H3,(H,11,12). The lowest BCUT2D eigenvalue weighted by Crippen LogP contribution is -2.38. The second kappa shape index (κ2) is 4.89. The lowest BCUT2D eigenvalue weighted by molar-refractivity contribution is -0.384. The lowest BCUT2D eigenvalue weighted by atomic mass is 10.2. The average Bonchev–Trinajstić information content (AvgIpc) is 2.25. The van der Waals surface area contributed by atoms with Gasteiger partial charge in [0.15, 0.2) is 9.84 Å². The highest BCUT2D eigenvalue weighted by atomic mass is 32.2. The summed E-state index contributed by atoms with van der Waals surface area (Å²) in [7, 11) is -3.27. The Labute approximate surface area is 105 Å². The third-order valence-corrected chi connectivity index (χ3v) is 4.82. The van der Waals surface area contributed by atoms with Gasteiger partial charge < -0.3 is 5.32 Å². The van der Waals surface area contributed by atoms with E-state index in [1.807, 2.05) is 0 Å². The maximum absolute atomic E-state index is 11.5. The van der Waals surface area contributed by atoms with Crippen molar-refractivity contribution in [2.24, 2.45) is 0 Å². The van der Waals surface area contributed by atoms with Crippen molar-refractivity contribution in [3.63, 3.8) is 0 Å². The molecule has 1 aromatic rings. The van der Waals surface area contributed by atoms with E-state index in [2.05, 4.69) is 10.3 Å². The van der Waals surface area contributed by atoms with Crippen LogP contribution in [0.2, 0.25) is 0 Å².